The van der Waals surface area contributed by atoms with Crippen LogP contribution in [-0.2, 0) is 6.54 Å². The minimum absolute atomic E-state index is 0.573. The summed E-state index contributed by atoms with van der Waals surface area (Å²) in [5.74, 6) is 0.749. The van der Waals surface area contributed by atoms with Crippen LogP contribution in [0.4, 0.5) is 5.69 Å². The van der Waals surface area contributed by atoms with Gasteiger partial charge in [0.25, 0.3) is 0 Å². The summed E-state index contributed by atoms with van der Waals surface area (Å²) in [5.41, 5.74) is 2.05. The van der Waals surface area contributed by atoms with Crippen molar-refractivity contribution in [1.29, 1.82) is 0 Å². The molecule has 0 aliphatic rings. The van der Waals surface area contributed by atoms with Crippen molar-refractivity contribution in [3.63, 3.8) is 0 Å². The standard InChI is InChI=1S/C12H12ClN3/c1-9-3-4-11(10(13)7-9)16-8-12-14-5-2-6-15-12/h2-7,16H,8H2,1H3. The molecule has 0 saturated carbocycles. The quantitative estimate of drug-likeness (QED) is 0.886. The molecule has 2 rings (SSSR count). The van der Waals surface area contributed by atoms with Crippen LogP contribution in [-0.4, -0.2) is 9.97 Å². The van der Waals surface area contributed by atoms with E-state index in [1.165, 1.54) is 0 Å². The van der Waals surface area contributed by atoms with Gasteiger partial charge < -0.3 is 5.32 Å². The van der Waals surface area contributed by atoms with Gasteiger partial charge in [-0.25, -0.2) is 9.97 Å². The molecule has 16 heavy (non-hydrogen) atoms. The molecule has 1 aromatic heterocycles. The van der Waals surface area contributed by atoms with Gasteiger partial charge in [0.05, 0.1) is 17.3 Å². The van der Waals surface area contributed by atoms with Gasteiger partial charge in [-0.2, -0.15) is 0 Å². The second-order valence-electron chi connectivity index (χ2n) is 3.50. The Hall–Kier alpha value is -1.61. The van der Waals surface area contributed by atoms with Gasteiger partial charge in [-0.15, -0.1) is 0 Å². The van der Waals surface area contributed by atoms with Gasteiger partial charge in [0.15, 0.2) is 0 Å². The number of nitrogens with zero attached hydrogens (tertiary/aromatic N) is 2. The van der Waals surface area contributed by atoms with Crippen molar-refractivity contribution in [1.82, 2.24) is 9.97 Å². The SMILES string of the molecule is Cc1ccc(NCc2ncccn2)c(Cl)c1. The molecular formula is C12H12ClN3. The summed E-state index contributed by atoms with van der Waals surface area (Å²) in [4.78, 5) is 8.25. The molecule has 1 aromatic carbocycles. The molecule has 2 aromatic rings. The van der Waals surface area contributed by atoms with E-state index in [9.17, 15) is 0 Å². The molecule has 0 spiro atoms. The lowest BCUT2D eigenvalue weighted by Crippen LogP contribution is -2.03. The number of nitrogens with one attached hydrogen (secondary N) is 1. The predicted octanol–water partition coefficient (Wildman–Crippen LogP) is 3.05. The van der Waals surface area contributed by atoms with Crippen molar-refractivity contribution in [2.24, 2.45) is 0 Å². The van der Waals surface area contributed by atoms with Crippen LogP contribution in [0.1, 0.15) is 11.4 Å². The number of aromatic nitrogens is 2. The molecule has 1 N–H and O–H groups in total. The Morgan fingerprint density at radius 1 is 1.25 bits per heavy atom. The third-order valence-corrected chi connectivity index (χ3v) is 2.49. The number of hydrogen-bond acceptors (Lipinski definition) is 3. The molecule has 0 unspecified atom stereocenters. The summed E-state index contributed by atoms with van der Waals surface area (Å²) in [6, 6.07) is 7.69. The van der Waals surface area contributed by atoms with Crippen molar-refractivity contribution in [2.75, 3.05) is 5.32 Å². The van der Waals surface area contributed by atoms with Crippen LogP contribution in [0.15, 0.2) is 36.7 Å². The lowest BCUT2D eigenvalue weighted by Gasteiger charge is -2.07. The lowest BCUT2D eigenvalue weighted by molar-refractivity contribution is 0.948. The number of rotatable bonds is 3. The van der Waals surface area contributed by atoms with Gasteiger partial charge >= 0.3 is 0 Å². The minimum atomic E-state index is 0.573. The highest BCUT2D eigenvalue weighted by atomic mass is 35.5. The molecule has 0 bridgehead atoms. The Labute approximate surface area is 99.5 Å². The highest BCUT2D eigenvalue weighted by Gasteiger charge is 2.00. The Morgan fingerprint density at radius 3 is 2.69 bits per heavy atom. The van der Waals surface area contributed by atoms with E-state index in [1.54, 1.807) is 18.5 Å². The summed E-state index contributed by atoms with van der Waals surface area (Å²) in [6.07, 6.45) is 3.45. The summed E-state index contributed by atoms with van der Waals surface area (Å²) in [5, 5.41) is 3.92. The normalized spacial score (nSPS) is 10.1. The first-order valence-corrected chi connectivity index (χ1v) is 5.39. The van der Waals surface area contributed by atoms with Crippen LogP contribution in [0.5, 0.6) is 0 Å². The summed E-state index contributed by atoms with van der Waals surface area (Å²) >= 11 is 6.09. The van der Waals surface area contributed by atoms with Crippen LogP contribution in [0.3, 0.4) is 0 Å². The average molecular weight is 234 g/mol. The molecule has 0 aliphatic carbocycles. The topological polar surface area (TPSA) is 37.8 Å². The second kappa shape index (κ2) is 4.94. The largest absolute Gasteiger partial charge is 0.377 e. The fourth-order valence-corrected chi connectivity index (χ4v) is 1.66. The van der Waals surface area contributed by atoms with Gasteiger partial charge in [0.2, 0.25) is 0 Å². The minimum Gasteiger partial charge on any atom is -0.377 e. The molecule has 1 heterocycles. The first-order chi connectivity index (χ1) is 7.75. The van der Waals surface area contributed by atoms with Crippen LogP contribution in [0.2, 0.25) is 5.02 Å². The van der Waals surface area contributed by atoms with E-state index in [1.807, 2.05) is 25.1 Å². The maximum absolute atomic E-state index is 6.09. The van der Waals surface area contributed by atoms with Gasteiger partial charge in [-0.05, 0) is 30.7 Å². The highest BCUT2D eigenvalue weighted by molar-refractivity contribution is 6.33. The average Bonchev–Trinajstić information content (AvgIpc) is 2.29. The smallest absolute Gasteiger partial charge is 0.147 e. The van der Waals surface area contributed by atoms with Crippen molar-refractivity contribution in [2.45, 2.75) is 13.5 Å². The van der Waals surface area contributed by atoms with Crippen LogP contribution in [0.25, 0.3) is 0 Å². The zero-order valence-corrected chi connectivity index (χ0v) is 9.70. The molecule has 4 heteroatoms. The summed E-state index contributed by atoms with van der Waals surface area (Å²) < 4.78 is 0. The van der Waals surface area contributed by atoms with E-state index in [0.29, 0.717) is 6.54 Å². The van der Waals surface area contributed by atoms with Gasteiger partial charge in [0, 0.05) is 12.4 Å². The maximum Gasteiger partial charge on any atom is 0.147 e. The maximum atomic E-state index is 6.09. The zero-order chi connectivity index (χ0) is 11.4. The fourth-order valence-electron chi connectivity index (χ4n) is 1.36. The lowest BCUT2D eigenvalue weighted by atomic mass is 10.2. The molecule has 0 aliphatic heterocycles. The Morgan fingerprint density at radius 2 is 2.00 bits per heavy atom. The van der Waals surface area contributed by atoms with E-state index in [2.05, 4.69) is 15.3 Å². The Balaban J connectivity index is 2.05. The van der Waals surface area contributed by atoms with E-state index in [-0.39, 0.29) is 0 Å². The first-order valence-electron chi connectivity index (χ1n) is 5.01. The van der Waals surface area contributed by atoms with Crippen LogP contribution < -0.4 is 5.32 Å². The molecule has 0 amide bonds. The van der Waals surface area contributed by atoms with E-state index < -0.39 is 0 Å². The number of benzene rings is 1. The number of aryl methyl sites for hydroxylation is 1. The number of anilines is 1. The van der Waals surface area contributed by atoms with Crippen molar-refractivity contribution in [3.8, 4) is 0 Å². The zero-order valence-electron chi connectivity index (χ0n) is 8.94. The third kappa shape index (κ3) is 2.70. The number of hydrogen-bond donors (Lipinski definition) is 1. The molecular weight excluding hydrogens is 222 g/mol. The Kier molecular flexibility index (Phi) is 3.37. The van der Waals surface area contributed by atoms with Crippen molar-refractivity contribution < 1.29 is 0 Å². The van der Waals surface area contributed by atoms with E-state index in [0.717, 1.165) is 22.1 Å². The van der Waals surface area contributed by atoms with Crippen LogP contribution in [0, 0.1) is 6.92 Å². The van der Waals surface area contributed by atoms with E-state index >= 15 is 0 Å². The monoisotopic (exact) mass is 233 g/mol. The van der Waals surface area contributed by atoms with Gasteiger partial charge in [-0.3, -0.25) is 0 Å². The molecule has 0 atom stereocenters. The van der Waals surface area contributed by atoms with Gasteiger partial charge in [0.1, 0.15) is 5.82 Å². The second-order valence-corrected chi connectivity index (χ2v) is 3.91. The summed E-state index contributed by atoms with van der Waals surface area (Å²) in [7, 11) is 0. The third-order valence-electron chi connectivity index (χ3n) is 2.18. The molecule has 3 nitrogen and oxygen atoms in total. The van der Waals surface area contributed by atoms with Gasteiger partial charge in [-0.1, -0.05) is 17.7 Å². The summed E-state index contributed by atoms with van der Waals surface area (Å²) in [6.45, 7) is 2.58. The molecule has 0 fully saturated rings. The molecule has 0 radical (unpaired) electrons. The molecule has 0 saturated heterocycles. The fraction of sp³-hybridized carbons (Fsp3) is 0.167. The number of halogens is 1. The highest BCUT2D eigenvalue weighted by Crippen LogP contribution is 2.22. The predicted molar refractivity (Wildman–Crippen MR) is 65.5 cm³/mol. The first kappa shape index (κ1) is 10.9. The van der Waals surface area contributed by atoms with Crippen molar-refractivity contribution in [3.05, 3.63) is 53.1 Å². The van der Waals surface area contributed by atoms with Crippen molar-refractivity contribution >= 4 is 17.3 Å². The van der Waals surface area contributed by atoms with Crippen LogP contribution >= 0.6 is 11.6 Å². The van der Waals surface area contributed by atoms with E-state index in [4.69, 9.17) is 11.6 Å². The Bertz CT molecular complexity index is 471. The molecule has 82 valence electrons.